The predicted molar refractivity (Wildman–Crippen MR) is 172 cm³/mol. The number of aliphatic hydroxyl groups is 1. The van der Waals surface area contributed by atoms with Crippen LogP contribution >= 0.6 is 0 Å². The van der Waals surface area contributed by atoms with Gasteiger partial charge in [0.2, 0.25) is 0 Å². The number of nitrogens with zero attached hydrogens (tertiary/aromatic N) is 2. The lowest BCUT2D eigenvalue weighted by Gasteiger charge is -2.07. The van der Waals surface area contributed by atoms with Gasteiger partial charge in [0, 0.05) is 24.3 Å². The molecular weight excluding hydrogens is 540 g/mol. The van der Waals surface area contributed by atoms with E-state index < -0.39 is 0 Å². The first-order valence-electron chi connectivity index (χ1n) is 15.5. The molecule has 0 radical (unpaired) electrons. The first-order valence-corrected chi connectivity index (χ1v) is 15.5. The summed E-state index contributed by atoms with van der Waals surface area (Å²) in [6.45, 7) is 5.87. The molecule has 0 unspecified atom stereocenters. The Morgan fingerprint density at radius 1 is 0.558 bits per heavy atom. The number of unbranched alkanes of at least 4 members (excludes halogenated alkanes) is 7. The van der Waals surface area contributed by atoms with Gasteiger partial charge >= 0.3 is 0 Å². The van der Waals surface area contributed by atoms with Crippen molar-refractivity contribution in [3.8, 4) is 23.3 Å². The molecule has 3 aromatic carbocycles. The number of ether oxygens (including phenoxy) is 4. The van der Waals surface area contributed by atoms with E-state index in [-0.39, 0.29) is 0 Å². The van der Waals surface area contributed by atoms with Crippen molar-refractivity contribution in [3.05, 3.63) is 83.9 Å². The zero-order valence-electron chi connectivity index (χ0n) is 25.5. The maximum Gasteiger partial charge on any atom is 0.120 e. The molecule has 0 aliphatic rings. The summed E-state index contributed by atoms with van der Waals surface area (Å²) in [5.74, 6) is 8.01. The molecule has 1 N–H and O–H groups in total. The van der Waals surface area contributed by atoms with Crippen molar-refractivity contribution in [2.45, 2.75) is 58.3 Å². The zero-order valence-corrected chi connectivity index (χ0v) is 25.5. The van der Waals surface area contributed by atoms with E-state index in [1.54, 1.807) is 0 Å². The Morgan fingerprint density at radius 2 is 1.14 bits per heavy atom. The summed E-state index contributed by atoms with van der Waals surface area (Å²) < 4.78 is 22.4. The monoisotopic (exact) mass is 586 g/mol. The second kappa shape index (κ2) is 21.9. The molecular formula is C36H46N2O5. The molecule has 0 aliphatic carbocycles. The topological polar surface area (TPSA) is 81.9 Å². The van der Waals surface area contributed by atoms with Crippen LogP contribution in [0, 0.1) is 11.8 Å². The largest absolute Gasteiger partial charge is 0.494 e. The van der Waals surface area contributed by atoms with Gasteiger partial charge in [0.1, 0.15) is 18.1 Å². The van der Waals surface area contributed by atoms with Crippen LogP contribution in [0.4, 0.5) is 11.4 Å². The summed E-state index contributed by atoms with van der Waals surface area (Å²) in [5.41, 5.74) is 3.31. The molecule has 0 bridgehead atoms. The third-order valence-electron chi connectivity index (χ3n) is 6.56. The molecule has 0 spiro atoms. The van der Waals surface area contributed by atoms with E-state index in [0.717, 1.165) is 59.9 Å². The van der Waals surface area contributed by atoms with Crippen LogP contribution in [0.15, 0.2) is 83.0 Å². The number of rotatable bonds is 21. The number of azo groups is 1. The van der Waals surface area contributed by atoms with E-state index in [2.05, 4.69) is 22.1 Å². The van der Waals surface area contributed by atoms with E-state index >= 15 is 0 Å². The Morgan fingerprint density at radius 3 is 1.84 bits per heavy atom. The third-order valence-corrected chi connectivity index (χ3v) is 6.56. The number of benzene rings is 3. The smallest absolute Gasteiger partial charge is 0.120 e. The van der Waals surface area contributed by atoms with Crippen molar-refractivity contribution in [2.24, 2.45) is 10.2 Å². The van der Waals surface area contributed by atoms with E-state index in [1.807, 2.05) is 79.7 Å². The third kappa shape index (κ3) is 15.4. The standard InChI is InChI=1S/C36H46N2O5/c1-2-40-26-27-41-28-29-43-36-13-11-12-32(30-36)15-14-31-16-18-33(19-17-31)37-38-34-20-22-35(23-21-34)42-25-10-8-6-4-3-5-7-9-24-39/h11-13,16-23,30,39H,2-10,24-29H2,1H3. The molecule has 230 valence electrons. The van der Waals surface area contributed by atoms with Crippen LogP contribution < -0.4 is 9.47 Å². The minimum atomic E-state index is 0.314. The molecule has 0 aliphatic heterocycles. The normalized spacial score (nSPS) is 10.9. The Hall–Kier alpha value is -3.70. The highest BCUT2D eigenvalue weighted by atomic mass is 16.5. The Balaban J connectivity index is 1.35. The fraction of sp³-hybridized carbons (Fsp3) is 0.444. The van der Waals surface area contributed by atoms with Gasteiger partial charge in [0.15, 0.2) is 0 Å². The molecule has 7 heteroatoms. The summed E-state index contributed by atoms with van der Waals surface area (Å²) in [4.78, 5) is 0. The molecule has 43 heavy (non-hydrogen) atoms. The highest BCUT2D eigenvalue weighted by molar-refractivity contribution is 5.49. The van der Waals surface area contributed by atoms with Gasteiger partial charge in [0.25, 0.3) is 0 Å². The minimum absolute atomic E-state index is 0.314. The summed E-state index contributed by atoms with van der Waals surface area (Å²) in [6, 6.07) is 23.1. The molecule has 3 aromatic rings. The quantitative estimate of drug-likeness (QED) is 0.0770. The summed E-state index contributed by atoms with van der Waals surface area (Å²) in [6.07, 6.45) is 9.30. The number of hydrogen-bond donors (Lipinski definition) is 1. The minimum Gasteiger partial charge on any atom is -0.494 e. The van der Waals surface area contributed by atoms with Crippen LogP contribution in [0.2, 0.25) is 0 Å². The highest BCUT2D eigenvalue weighted by Gasteiger charge is 1.99. The fourth-order valence-corrected chi connectivity index (χ4v) is 4.19. The van der Waals surface area contributed by atoms with Gasteiger partial charge in [-0.15, -0.1) is 0 Å². The van der Waals surface area contributed by atoms with Crippen molar-refractivity contribution in [2.75, 3.05) is 46.2 Å². The maximum absolute atomic E-state index is 8.81. The van der Waals surface area contributed by atoms with Crippen molar-refractivity contribution < 1.29 is 24.1 Å². The lowest BCUT2D eigenvalue weighted by atomic mass is 10.1. The van der Waals surface area contributed by atoms with Crippen LogP contribution in [0.3, 0.4) is 0 Å². The van der Waals surface area contributed by atoms with Gasteiger partial charge < -0.3 is 24.1 Å². The lowest BCUT2D eigenvalue weighted by Crippen LogP contribution is -2.10. The van der Waals surface area contributed by atoms with Crippen molar-refractivity contribution >= 4 is 11.4 Å². The number of hydrogen-bond acceptors (Lipinski definition) is 7. The second-order valence-electron chi connectivity index (χ2n) is 10.1. The van der Waals surface area contributed by atoms with E-state index in [9.17, 15) is 0 Å². The zero-order chi connectivity index (χ0) is 30.2. The summed E-state index contributed by atoms with van der Waals surface area (Å²) in [7, 11) is 0. The Bertz CT molecular complexity index is 1230. The molecule has 3 rings (SSSR count). The van der Waals surface area contributed by atoms with Gasteiger partial charge in [-0.1, -0.05) is 56.4 Å². The SMILES string of the molecule is CCOCCOCCOc1cccc(C#Cc2ccc(N=Nc3ccc(OCCCCCCCCCCO)cc3)cc2)c1. The van der Waals surface area contributed by atoms with Crippen molar-refractivity contribution in [3.63, 3.8) is 0 Å². The first-order chi connectivity index (χ1) is 21.3. The molecule has 7 nitrogen and oxygen atoms in total. The predicted octanol–water partition coefficient (Wildman–Crippen LogP) is 8.43. The summed E-state index contributed by atoms with van der Waals surface area (Å²) in [5, 5.41) is 17.5. The molecule has 0 saturated heterocycles. The molecule has 0 aromatic heterocycles. The maximum atomic E-state index is 8.81. The summed E-state index contributed by atoms with van der Waals surface area (Å²) >= 11 is 0. The average Bonchev–Trinajstić information content (AvgIpc) is 3.04. The Kier molecular flexibility index (Phi) is 17.2. The molecule has 0 amide bonds. The fourth-order valence-electron chi connectivity index (χ4n) is 4.19. The van der Waals surface area contributed by atoms with Crippen LogP contribution in [-0.4, -0.2) is 51.4 Å². The molecule has 0 heterocycles. The van der Waals surface area contributed by atoms with Crippen molar-refractivity contribution in [1.82, 2.24) is 0 Å². The van der Waals surface area contributed by atoms with Gasteiger partial charge in [-0.05, 0) is 86.5 Å². The van der Waals surface area contributed by atoms with Gasteiger partial charge in [-0.3, -0.25) is 0 Å². The van der Waals surface area contributed by atoms with E-state index in [1.165, 1.54) is 32.1 Å². The van der Waals surface area contributed by atoms with Crippen LogP contribution in [0.1, 0.15) is 69.4 Å². The van der Waals surface area contributed by atoms with Gasteiger partial charge in [0.05, 0.1) is 37.8 Å². The molecule has 0 atom stereocenters. The van der Waals surface area contributed by atoms with Gasteiger partial charge in [-0.25, -0.2) is 0 Å². The van der Waals surface area contributed by atoms with Crippen LogP contribution in [0.25, 0.3) is 0 Å². The highest BCUT2D eigenvalue weighted by Crippen LogP contribution is 2.22. The lowest BCUT2D eigenvalue weighted by molar-refractivity contribution is 0.0405. The van der Waals surface area contributed by atoms with Gasteiger partial charge in [-0.2, -0.15) is 10.2 Å². The van der Waals surface area contributed by atoms with Crippen molar-refractivity contribution in [1.29, 1.82) is 0 Å². The van der Waals surface area contributed by atoms with E-state index in [4.69, 9.17) is 24.1 Å². The second-order valence-corrected chi connectivity index (χ2v) is 10.1. The van der Waals surface area contributed by atoms with Crippen LogP contribution in [-0.2, 0) is 9.47 Å². The Labute approximate surface area is 257 Å². The average molecular weight is 587 g/mol. The van der Waals surface area contributed by atoms with Crippen LogP contribution in [0.5, 0.6) is 11.5 Å². The number of aliphatic hydroxyl groups excluding tert-OH is 1. The van der Waals surface area contributed by atoms with E-state index in [0.29, 0.717) is 39.6 Å². The molecule has 0 saturated carbocycles. The molecule has 0 fully saturated rings. The first kappa shape index (κ1) is 33.8.